The highest BCUT2D eigenvalue weighted by molar-refractivity contribution is 9.10. The second kappa shape index (κ2) is 8.38. The molecule has 0 saturated carbocycles. The number of hydrogen-bond donors (Lipinski definition) is 0. The summed E-state index contributed by atoms with van der Waals surface area (Å²) in [5, 5.41) is 8.47. The number of rotatable bonds is 5. The van der Waals surface area contributed by atoms with Gasteiger partial charge in [-0.05, 0) is 42.5 Å². The van der Waals surface area contributed by atoms with E-state index in [0.29, 0.717) is 38.8 Å². The minimum absolute atomic E-state index is 0.0977. The van der Waals surface area contributed by atoms with Gasteiger partial charge in [0.1, 0.15) is 6.33 Å². The maximum atomic E-state index is 13.3. The highest BCUT2D eigenvalue weighted by Gasteiger charge is 2.36. The molecule has 0 unspecified atom stereocenters. The van der Waals surface area contributed by atoms with Gasteiger partial charge in [-0.25, -0.2) is 0 Å². The fourth-order valence-corrected chi connectivity index (χ4v) is 4.35. The summed E-state index contributed by atoms with van der Waals surface area (Å²) >= 11 is 9.59. The molecule has 0 spiro atoms. The minimum atomic E-state index is -0.397. The van der Waals surface area contributed by atoms with Gasteiger partial charge in [0.05, 0.1) is 23.4 Å². The monoisotopic (exact) mass is 520 g/mol. The van der Waals surface area contributed by atoms with Crippen LogP contribution in [0.1, 0.15) is 42.5 Å². The number of aromatic nitrogens is 3. The van der Waals surface area contributed by atoms with Crippen LogP contribution in [0.2, 0.25) is 5.02 Å². The van der Waals surface area contributed by atoms with E-state index in [1.165, 1.54) is 6.33 Å². The quantitative estimate of drug-likeness (QED) is 0.280. The molecule has 5 rings (SSSR count). The van der Waals surface area contributed by atoms with Gasteiger partial charge < -0.3 is 0 Å². The van der Waals surface area contributed by atoms with Crippen molar-refractivity contribution in [3.8, 4) is 5.69 Å². The smallest absolute Gasteiger partial charge is 0.261 e. The van der Waals surface area contributed by atoms with Crippen LogP contribution in [-0.4, -0.2) is 37.3 Å². The van der Waals surface area contributed by atoms with Gasteiger partial charge >= 0.3 is 0 Å². The summed E-state index contributed by atoms with van der Waals surface area (Å²) in [4.78, 5) is 40.0. The van der Waals surface area contributed by atoms with Crippen LogP contribution in [0.15, 0.2) is 77.5 Å². The van der Waals surface area contributed by atoms with Crippen molar-refractivity contribution in [2.45, 2.75) is 6.54 Å². The number of amides is 2. The maximum Gasteiger partial charge on any atom is 0.261 e. The van der Waals surface area contributed by atoms with Crippen molar-refractivity contribution in [1.29, 1.82) is 0 Å². The Morgan fingerprint density at radius 3 is 2.36 bits per heavy atom. The molecular weight excluding hydrogens is 508 g/mol. The zero-order chi connectivity index (χ0) is 23.1. The largest absolute Gasteiger partial charge is 0.289 e. The first-order valence-corrected chi connectivity index (χ1v) is 11.1. The van der Waals surface area contributed by atoms with Crippen LogP contribution in [0.5, 0.6) is 0 Å². The predicted octanol–water partition coefficient (Wildman–Crippen LogP) is 4.71. The molecule has 0 saturated heterocycles. The van der Waals surface area contributed by atoms with Crippen LogP contribution >= 0.6 is 27.5 Å². The van der Waals surface area contributed by atoms with E-state index in [1.807, 2.05) is 6.07 Å². The Balaban J connectivity index is 1.53. The molecule has 4 aromatic rings. The molecule has 1 aromatic heterocycles. The summed E-state index contributed by atoms with van der Waals surface area (Å²) in [6.45, 7) is -0.0977. The molecule has 9 heteroatoms. The van der Waals surface area contributed by atoms with E-state index in [2.05, 4.69) is 26.1 Å². The Morgan fingerprint density at radius 2 is 1.67 bits per heavy atom. The van der Waals surface area contributed by atoms with E-state index in [9.17, 15) is 14.4 Å². The van der Waals surface area contributed by atoms with Crippen LogP contribution < -0.4 is 0 Å². The second-order valence-corrected chi connectivity index (χ2v) is 8.71. The topological polar surface area (TPSA) is 85.2 Å². The number of nitrogens with zero attached hydrogens (tertiary/aromatic N) is 4. The molecule has 2 heterocycles. The molecule has 0 aliphatic carbocycles. The fraction of sp³-hybridized carbons (Fsp3) is 0.0417. The van der Waals surface area contributed by atoms with Gasteiger partial charge in [0.15, 0.2) is 11.6 Å². The van der Waals surface area contributed by atoms with Gasteiger partial charge in [0.2, 0.25) is 0 Å². The van der Waals surface area contributed by atoms with E-state index < -0.39 is 11.8 Å². The minimum Gasteiger partial charge on any atom is -0.289 e. The summed E-state index contributed by atoms with van der Waals surface area (Å²) in [5.41, 5.74) is 2.00. The number of ketones is 1. The van der Waals surface area contributed by atoms with Crippen molar-refractivity contribution in [1.82, 2.24) is 19.7 Å². The van der Waals surface area contributed by atoms with Crippen molar-refractivity contribution >= 4 is 45.1 Å². The molecule has 2 amide bonds. The summed E-state index contributed by atoms with van der Waals surface area (Å²) in [6, 6.07) is 18.6. The summed E-state index contributed by atoms with van der Waals surface area (Å²) in [5.74, 6) is -0.706. The van der Waals surface area contributed by atoms with Gasteiger partial charge in [-0.3, -0.25) is 23.9 Å². The van der Waals surface area contributed by atoms with Gasteiger partial charge in [0, 0.05) is 20.6 Å². The zero-order valence-corrected chi connectivity index (χ0v) is 19.2. The van der Waals surface area contributed by atoms with Gasteiger partial charge in [-0.2, -0.15) is 0 Å². The van der Waals surface area contributed by atoms with E-state index in [4.69, 9.17) is 11.6 Å². The molecule has 0 N–H and O–H groups in total. The SMILES string of the molecule is O=C(c1cccc(Br)c1)c1cc(Cl)ccc1-n1cnnc1CN1C(=O)c2ccccc2C1=O. The first kappa shape index (κ1) is 21.2. The Hall–Kier alpha value is -3.62. The first-order valence-electron chi connectivity index (χ1n) is 9.88. The average Bonchev–Trinajstić information content (AvgIpc) is 3.37. The Morgan fingerprint density at radius 1 is 0.939 bits per heavy atom. The molecule has 0 fully saturated rings. The lowest BCUT2D eigenvalue weighted by Gasteiger charge is -2.16. The van der Waals surface area contributed by atoms with Crippen LogP contribution in [0.25, 0.3) is 5.69 Å². The van der Waals surface area contributed by atoms with E-state index in [-0.39, 0.29) is 12.3 Å². The Labute approximate surface area is 201 Å². The molecule has 1 aliphatic rings. The molecule has 3 aromatic carbocycles. The van der Waals surface area contributed by atoms with Crippen molar-refractivity contribution in [2.75, 3.05) is 0 Å². The highest BCUT2D eigenvalue weighted by Crippen LogP contribution is 2.27. The summed E-state index contributed by atoms with van der Waals surface area (Å²) in [7, 11) is 0. The molecule has 162 valence electrons. The van der Waals surface area contributed by atoms with E-state index >= 15 is 0 Å². The van der Waals surface area contributed by atoms with Crippen LogP contribution in [-0.2, 0) is 6.54 Å². The number of hydrogen-bond acceptors (Lipinski definition) is 5. The number of halogens is 2. The van der Waals surface area contributed by atoms with Crippen LogP contribution in [0.4, 0.5) is 0 Å². The van der Waals surface area contributed by atoms with Crippen LogP contribution in [0.3, 0.4) is 0 Å². The van der Waals surface area contributed by atoms with Gasteiger partial charge in [-0.15, -0.1) is 10.2 Å². The predicted molar refractivity (Wildman–Crippen MR) is 125 cm³/mol. The summed E-state index contributed by atoms with van der Waals surface area (Å²) in [6.07, 6.45) is 1.44. The number of imide groups is 1. The third-order valence-corrected chi connectivity index (χ3v) is 6.07. The van der Waals surface area contributed by atoms with E-state index in [0.717, 1.165) is 9.37 Å². The zero-order valence-electron chi connectivity index (χ0n) is 16.9. The third kappa shape index (κ3) is 3.77. The number of carbonyl (C=O) groups is 3. The number of fused-ring (bicyclic) bond motifs is 1. The van der Waals surface area contributed by atoms with Gasteiger partial charge in [0.25, 0.3) is 11.8 Å². The number of carbonyl (C=O) groups excluding carboxylic acids is 3. The Bertz CT molecular complexity index is 1410. The molecule has 0 radical (unpaired) electrons. The molecule has 0 bridgehead atoms. The number of benzene rings is 3. The lowest BCUT2D eigenvalue weighted by molar-refractivity contribution is 0.0637. The molecule has 1 aliphatic heterocycles. The third-order valence-electron chi connectivity index (χ3n) is 5.35. The van der Waals surface area contributed by atoms with E-state index in [1.54, 1.807) is 65.2 Å². The molecular formula is C24H14BrClN4O3. The first-order chi connectivity index (χ1) is 15.9. The van der Waals surface area contributed by atoms with Crippen LogP contribution in [0, 0.1) is 0 Å². The van der Waals surface area contributed by atoms with Crippen molar-refractivity contribution in [3.05, 3.63) is 111 Å². The maximum absolute atomic E-state index is 13.3. The Kier molecular flexibility index (Phi) is 5.39. The molecule has 7 nitrogen and oxygen atoms in total. The normalized spacial score (nSPS) is 12.8. The summed E-state index contributed by atoms with van der Waals surface area (Å²) < 4.78 is 2.36. The average molecular weight is 522 g/mol. The molecule has 0 atom stereocenters. The van der Waals surface area contributed by atoms with Crippen molar-refractivity contribution in [2.24, 2.45) is 0 Å². The highest BCUT2D eigenvalue weighted by atomic mass is 79.9. The lowest BCUT2D eigenvalue weighted by Crippen LogP contribution is -2.30. The standard InChI is InChI=1S/C24H14BrClN4O3/c25-15-5-3-4-14(10-15)22(31)19-11-16(26)8-9-20(19)30-13-27-28-21(30)12-29-23(32)17-6-1-2-7-18(17)24(29)33/h1-11,13H,12H2. The second-order valence-electron chi connectivity index (χ2n) is 7.36. The van der Waals surface area contributed by atoms with Crippen molar-refractivity contribution in [3.63, 3.8) is 0 Å². The van der Waals surface area contributed by atoms with Gasteiger partial charge in [-0.1, -0.05) is 51.8 Å². The lowest BCUT2D eigenvalue weighted by atomic mass is 10.0. The molecule has 33 heavy (non-hydrogen) atoms. The van der Waals surface area contributed by atoms with Crippen molar-refractivity contribution < 1.29 is 14.4 Å². The fourth-order valence-electron chi connectivity index (χ4n) is 3.78.